The Kier molecular flexibility index (Phi) is 4.13. The fraction of sp³-hybridized carbons (Fsp3) is 0.500. The molecule has 0 amide bonds. The maximum atomic E-state index is 5.45. The lowest BCUT2D eigenvalue weighted by Gasteiger charge is -2.03. The smallest absolute Gasteiger partial charge is 0.233 e. The number of tetrazole rings is 1. The Morgan fingerprint density at radius 2 is 2.11 bits per heavy atom. The Morgan fingerprint density at radius 3 is 2.78 bits per heavy atom. The van der Waals surface area contributed by atoms with E-state index < -0.39 is 0 Å². The standard InChI is InChI=1S/C10H15N7O/c1-18-9-5-4-8(12-13-9)10-14-15-16-17(10)7-3-2-6-11/h4-5H,2-3,6-7,11H2,1H3. The second-order valence-electron chi connectivity index (χ2n) is 3.68. The number of aromatic nitrogens is 6. The first-order chi connectivity index (χ1) is 8.85. The van der Waals surface area contributed by atoms with Crippen LogP contribution in [-0.2, 0) is 6.54 Å². The fourth-order valence-electron chi connectivity index (χ4n) is 1.49. The normalized spacial score (nSPS) is 10.6. The molecule has 0 saturated heterocycles. The van der Waals surface area contributed by atoms with Crippen molar-refractivity contribution in [2.24, 2.45) is 5.73 Å². The van der Waals surface area contributed by atoms with Gasteiger partial charge in [0.2, 0.25) is 11.7 Å². The summed E-state index contributed by atoms with van der Waals surface area (Å²) in [5.41, 5.74) is 6.07. The van der Waals surface area contributed by atoms with Crippen molar-refractivity contribution in [2.45, 2.75) is 19.4 Å². The summed E-state index contributed by atoms with van der Waals surface area (Å²) >= 11 is 0. The monoisotopic (exact) mass is 249 g/mol. The molecule has 0 fully saturated rings. The molecular weight excluding hydrogens is 234 g/mol. The van der Waals surface area contributed by atoms with Gasteiger partial charge in [-0.05, 0) is 35.9 Å². The molecule has 18 heavy (non-hydrogen) atoms. The van der Waals surface area contributed by atoms with Crippen LogP contribution >= 0.6 is 0 Å². The highest BCUT2D eigenvalue weighted by atomic mass is 16.5. The number of aryl methyl sites for hydroxylation is 1. The van der Waals surface area contributed by atoms with Gasteiger partial charge in [-0.2, -0.15) is 0 Å². The lowest BCUT2D eigenvalue weighted by Crippen LogP contribution is -2.07. The van der Waals surface area contributed by atoms with E-state index in [0.29, 0.717) is 30.5 Å². The zero-order valence-electron chi connectivity index (χ0n) is 10.2. The van der Waals surface area contributed by atoms with Gasteiger partial charge in [0.05, 0.1) is 7.11 Å². The summed E-state index contributed by atoms with van der Waals surface area (Å²) in [5.74, 6) is 1.06. The highest BCUT2D eigenvalue weighted by Gasteiger charge is 2.10. The number of ether oxygens (including phenoxy) is 1. The molecule has 0 bridgehead atoms. The van der Waals surface area contributed by atoms with Crippen molar-refractivity contribution in [1.29, 1.82) is 0 Å². The van der Waals surface area contributed by atoms with Gasteiger partial charge in [0.1, 0.15) is 5.69 Å². The first-order valence-electron chi connectivity index (χ1n) is 5.69. The molecule has 96 valence electrons. The Morgan fingerprint density at radius 1 is 1.22 bits per heavy atom. The molecule has 0 radical (unpaired) electrons. The molecule has 8 nitrogen and oxygen atoms in total. The fourth-order valence-corrected chi connectivity index (χ4v) is 1.49. The van der Waals surface area contributed by atoms with E-state index in [2.05, 4.69) is 25.7 Å². The second kappa shape index (κ2) is 6.01. The third-order valence-corrected chi connectivity index (χ3v) is 2.43. The van der Waals surface area contributed by atoms with E-state index in [4.69, 9.17) is 10.5 Å². The predicted molar refractivity (Wildman–Crippen MR) is 63.7 cm³/mol. The van der Waals surface area contributed by atoms with Crippen molar-refractivity contribution in [3.8, 4) is 17.4 Å². The molecule has 2 N–H and O–H groups in total. The minimum atomic E-state index is 0.459. The summed E-state index contributed by atoms with van der Waals surface area (Å²) in [4.78, 5) is 0. The van der Waals surface area contributed by atoms with Gasteiger partial charge in [-0.3, -0.25) is 0 Å². The quantitative estimate of drug-likeness (QED) is 0.711. The second-order valence-corrected chi connectivity index (χ2v) is 3.68. The molecule has 0 spiro atoms. The van der Waals surface area contributed by atoms with Crippen LogP contribution in [0.3, 0.4) is 0 Å². The summed E-state index contributed by atoms with van der Waals surface area (Å²) in [6, 6.07) is 3.50. The Hall–Kier alpha value is -2.09. The maximum absolute atomic E-state index is 5.45. The topological polar surface area (TPSA) is 105 Å². The number of hydrogen-bond donors (Lipinski definition) is 1. The van der Waals surface area contributed by atoms with Crippen molar-refractivity contribution in [3.05, 3.63) is 12.1 Å². The van der Waals surface area contributed by atoms with E-state index in [1.165, 1.54) is 0 Å². The molecule has 0 aromatic carbocycles. The number of nitrogens with two attached hydrogens (primary N) is 1. The number of methoxy groups -OCH3 is 1. The van der Waals surface area contributed by atoms with E-state index >= 15 is 0 Å². The lowest BCUT2D eigenvalue weighted by molar-refractivity contribution is 0.392. The van der Waals surface area contributed by atoms with Crippen LogP contribution in [0.15, 0.2) is 12.1 Å². The van der Waals surface area contributed by atoms with Crippen LogP contribution in [0.1, 0.15) is 12.8 Å². The molecule has 2 rings (SSSR count). The van der Waals surface area contributed by atoms with Gasteiger partial charge in [0, 0.05) is 12.6 Å². The first-order valence-corrected chi connectivity index (χ1v) is 5.69. The summed E-state index contributed by atoms with van der Waals surface area (Å²) in [6.45, 7) is 1.38. The molecule has 0 aliphatic carbocycles. The highest BCUT2D eigenvalue weighted by molar-refractivity contribution is 5.47. The van der Waals surface area contributed by atoms with Crippen LogP contribution in [0.5, 0.6) is 5.88 Å². The van der Waals surface area contributed by atoms with E-state index in [1.54, 1.807) is 23.9 Å². The largest absolute Gasteiger partial charge is 0.480 e. The Balaban J connectivity index is 2.14. The molecular formula is C10H15N7O. The molecule has 0 aliphatic heterocycles. The number of rotatable bonds is 6. The Bertz CT molecular complexity index is 481. The van der Waals surface area contributed by atoms with Crippen LogP contribution in [0.25, 0.3) is 11.5 Å². The Labute approximate surface area is 104 Å². The van der Waals surface area contributed by atoms with Crippen LogP contribution in [0.2, 0.25) is 0 Å². The van der Waals surface area contributed by atoms with Crippen LogP contribution in [0, 0.1) is 0 Å². The zero-order valence-corrected chi connectivity index (χ0v) is 10.2. The third-order valence-electron chi connectivity index (χ3n) is 2.43. The molecule has 0 atom stereocenters. The SMILES string of the molecule is COc1ccc(-c2nnnn2CCCCN)nn1. The maximum Gasteiger partial charge on any atom is 0.233 e. The van der Waals surface area contributed by atoms with Gasteiger partial charge in [0.15, 0.2) is 0 Å². The van der Waals surface area contributed by atoms with Gasteiger partial charge in [-0.25, -0.2) is 4.68 Å². The molecule has 2 aromatic heterocycles. The average Bonchev–Trinajstić information content (AvgIpc) is 2.88. The molecule has 2 heterocycles. The van der Waals surface area contributed by atoms with E-state index in [1.807, 2.05) is 0 Å². The van der Waals surface area contributed by atoms with Crippen molar-refractivity contribution < 1.29 is 4.74 Å². The van der Waals surface area contributed by atoms with Crippen LogP contribution in [-0.4, -0.2) is 44.1 Å². The third kappa shape index (κ3) is 2.77. The average molecular weight is 249 g/mol. The van der Waals surface area contributed by atoms with Crippen molar-refractivity contribution in [2.75, 3.05) is 13.7 Å². The van der Waals surface area contributed by atoms with Crippen LogP contribution in [0.4, 0.5) is 0 Å². The lowest BCUT2D eigenvalue weighted by atomic mass is 10.3. The molecule has 0 unspecified atom stereocenters. The summed E-state index contributed by atoms with van der Waals surface area (Å²) in [5, 5.41) is 19.4. The van der Waals surface area contributed by atoms with Gasteiger partial charge in [-0.15, -0.1) is 15.3 Å². The molecule has 8 heteroatoms. The number of nitrogens with zero attached hydrogens (tertiary/aromatic N) is 6. The van der Waals surface area contributed by atoms with Gasteiger partial charge < -0.3 is 10.5 Å². The predicted octanol–water partition coefficient (Wildman–Crippen LogP) is -0.122. The zero-order chi connectivity index (χ0) is 12.8. The van der Waals surface area contributed by atoms with Crippen molar-refractivity contribution in [1.82, 2.24) is 30.4 Å². The van der Waals surface area contributed by atoms with E-state index in [9.17, 15) is 0 Å². The van der Waals surface area contributed by atoms with Crippen LogP contribution < -0.4 is 10.5 Å². The minimum Gasteiger partial charge on any atom is -0.480 e. The number of unbranched alkanes of at least 4 members (excludes halogenated alkanes) is 1. The first kappa shape index (κ1) is 12.4. The molecule has 0 saturated carbocycles. The minimum absolute atomic E-state index is 0.459. The summed E-state index contributed by atoms with van der Waals surface area (Å²) in [6.07, 6.45) is 1.87. The van der Waals surface area contributed by atoms with Gasteiger partial charge in [0.25, 0.3) is 0 Å². The van der Waals surface area contributed by atoms with Crippen molar-refractivity contribution in [3.63, 3.8) is 0 Å². The van der Waals surface area contributed by atoms with E-state index in [0.717, 1.165) is 12.8 Å². The van der Waals surface area contributed by atoms with Gasteiger partial charge in [-0.1, -0.05) is 0 Å². The molecule has 2 aromatic rings. The van der Waals surface area contributed by atoms with Crippen molar-refractivity contribution >= 4 is 0 Å². The summed E-state index contributed by atoms with van der Waals surface area (Å²) < 4.78 is 6.65. The molecule has 0 aliphatic rings. The van der Waals surface area contributed by atoms with E-state index in [-0.39, 0.29) is 0 Å². The number of hydrogen-bond acceptors (Lipinski definition) is 7. The highest BCUT2D eigenvalue weighted by Crippen LogP contribution is 2.14. The summed E-state index contributed by atoms with van der Waals surface area (Å²) in [7, 11) is 1.54. The van der Waals surface area contributed by atoms with Gasteiger partial charge >= 0.3 is 0 Å².